The summed E-state index contributed by atoms with van der Waals surface area (Å²) in [7, 11) is 0. The molecule has 180 valence electrons. The molecule has 0 spiro atoms. The van der Waals surface area contributed by atoms with Gasteiger partial charge >= 0.3 is 0 Å². The van der Waals surface area contributed by atoms with E-state index in [4.69, 9.17) is 34.7 Å². The lowest BCUT2D eigenvalue weighted by molar-refractivity contribution is -0.119. The maximum absolute atomic E-state index is 11.6. The molecule has 11 nitrogen and oxygen atoms in total. The zero-order valence-electron chi connectivity index (χ0n) is 18.1. The molecule has 0 aliphatic heterocycles. The normalized spacial score (nSPS) is 11.2. The third-order valence-electron chi connectivity index (χ3n) is 4.64. The second-order valence-electron chi connectivity index (χ2n) is 7.01. The molecular weight excluding hydrogens is 503 g/mol. The third kappa shape index (κ3) is 7.27. The molecule has 1 atom stereocenters. The molecule has 0 saturated carbocycles. The second kappa shape index (κ2) is 13.1. The predicted octanol–water partition coefficient (Wildman–Crippen LogP) is 2.36. The minimum Gasteiger partial charge on any atom is -0.326 e. The number of hydrogen-bond donors (Lipinski definition) is 2. The van der Waals surface area contributed by atoms with E-state index in [0.29, 0.717) is 29.4 Å². The van der Waals surface area contributed by atoms with Crippen LogP contribution >= 0.6 is 35.6 Å². The van der Waals surface area contributed by atoms with Gasteiger partial charge in [0.25, 0.3) is 0 Å². The molecule has 0 unspecified atom stereocenters. The van der Waals surface area contributed by atoms with Gasteiger partial charge in [0.1, 0.15) is 18.4 Å². The summed E-state index contributed by atoms with van der Waals surface area (Å²) in [4.78, 5) is 11.6. The van der Waals surface area contributed by atoms with Crippen LogP contribution in [0.1, 0.15) is 24.5 Å². The number of aromatic nitrogens is 8. The maximum Gasteiger partial charge on any atom is 0.149 e. The smallest absolute Gasteiger partial charge is 0.149 e. The molecule has 0 radical (unpaired) electrons. The summed E-state index contributed by atoms with van der Waals surface area (Å²) in [5.74, 6) is 0.0163. The van der Waals surface area contributed by atoms with Crippen LogP contribution in [0.15, 0.2) is 49.1 Å². The highest BCUT2D eigenvalue weighted by Crippen LogP contribution is 2.21. The van der Waals surface area contributed by atoms with Crippen molar-refractivity contribution in [3.05, 3.63) is 70.2 Å². The van der Waals surface area contributed by atoms with E-state index in [2.05, 4.69) is 31.1 Å². The summed E-state index contributed by atoms with van der Waals surface area (Å²) in [6, 6.07) is 10.4. The van der Waals surface area contributed by atoms with E-state index >= 15 is 0 Å². The molecule has 2 aromatic heterocycles. The summed E-state index contributed by atoms with van der Waals surface area (Å²) in [5, 5.41) is 23.2. The quantitative estimate of drug-likeness (QED) is 0.369. The number of tetrazole rings is 2. The Bertz CT molecular complexity index is 1180. The molecule has 0 aliphatic carbocycles. The van der Waals surface area contributed by atoms with Crippen LogP contribution in [-0.2, 0) is 17.8 Å². The molecule has 0 bridgehead atoms. The van der Waals surface area contributed by atoms with Gasteiger partial charge in [-0.3, -0.25) is 4.79 Å². The number of carbonyl (C=O) groups excluding carboxylic acids is 1. The lowest BCUT2D eigenvalue weighted by Gasteiger charge is -2.09. The lowest BCUT2D eigenvalue weighted by atomic mass is 10.0. The van der Waals surface area contributed by atoms with Crippen LogP contribution in [0.3, 0.4) is 0 Å². The highest BCUT2D eigenvalue weighted by atomic mass is 35.5. The van der Waals surface area contributed by atoms with Gasteiger partial charge in [-0.1, -0.05) is 23.2 Å². The predicted molar refractivity (Wildman–Crippen MR) is 130 cm³/mol. The number of nitrogens with zero attached hydrogens (tertiary/aromatic N) is 8. The second-order valence-corrected chi connectivity index (χ2v) is 7.89. The Balaban J connectivity index is 0.000000243. The number of aryl methyl sites for hydroxylation is 1. The van der Waals surface area contributed by atoms with Gasteiger partial charge in [0, 0.05) is 23.0 Å². The van der Waals surface area contributed by atoms with Crippen molar-refractivity contribution in [2.75, 3.05) is 0 Å². The van der Waals surface area contributed by atoms with Crippen molar-refractivity contribution in [3.8, 4) is 11.4 Å². The Morgan fingerprint density at radius 2 is 1.44 bits per heavy atom. The van der Waals surface area contributed by atoms with Gasteiger partial charge in [-0.05, 0) is 81.7 Å². The van der Waals surface area contributed by atoms with E-state index in [1.807, 2.05) is 18.2 Å². The highest BCUT2D eigenvalue weighted by Gasteiger charge is 2.12. The van der Waals surface area contributed by atoms with Crippen molar-refractivity contribution in [1.82, 2.24) is 40.4 Å². The number of rotatable bonds is 7. The fourth-order valence-electron chi connectivity index (χ4n) is 2.95. The number of ketones is 1. The van der Waals surface area contributed by atoms with E-state index in [9.17, 15) is 4.79 Å². The minimum atomic E-state index is -0.448. The molecule has 4 rings (SSSR count). The molecule has 0 aliphatic rings. The van der Waals surface area contributed by atoms with Gasteiger partial charge in [-0.15, -0.1) is 22.6 Å². The fraction of sp³-hybridized carbons (Fsp3) is 0.250. The fourth-order valence-corrected chi connectivity index (χ4v) is 3.34. The van der Waals surface area contributed by atoms with Gasteiger partial charge in [-0.25, -0.2) is 9.36 Å². The van der Waals surface area contributed by atoms with Gasteiger partial charge < -0.3 is 11.5 Å². The van der Waals surface area contributed by atoms with Crippen molar-refractivity contribution in [3.63, 3.8) is 0 Å². The molecule has 14 heteroatoms. The number of Topliss-reactive ketones (excluding diaryl/α,β-unsaturated/α-hetero) is 1. The average molecular weight is 526 g/mol. The Labute approximate surface area is 211 Å². The van der Waals surface area contributed by atoms with Crippen molar-refractivity contribution >= 4 is 41.4 Å². The Morgan fingerprint density at radius 3 is 1.88 bits per heavy atom. The number of benzene rings is 2. The zero-order valence-corrected chi connectivity index (χ0v) is 20.5. The lowest BCUT2D eigenvalue weighted by Crippen LogP contribution is -2.26. The standard InChI is InChI=1S/C12H14ClN5O.C8H8ClN5.ClH/c1-8(14)12(19)5-2-9-6-10(13)3-4-11(9)18-7-15-16-17-18;9-7-1-2-8(6(3-7)4-10)14-5-11-12-13-14;/h3-4,6-8H,2,5,14H2,1H3;1-3,5H,4,10H2;1H/t8-;;/m0../s1. The van der Waals surface area contributed by atoms with Crippen LogP contribution in [0.5, 0.6) is 0 Å². The van der Waals surface area contributed by atoms with Crippen molar-refractivity contribution in [1.29, 1.82) is 0 Å². The zero-order chi connectivity index (χ0) is 23.8. The molecule has 0 amide bonds. The van der Waals surface area contributed by atoms with Crippen LogP contribution < -0.4 is 11.5 Å². The summed E-state index contributed by atoms with van der Waals surface area (Å²) in [6.07, 6.45) is 3.94. The van der Waals surface area contributed by atoms with E-state index in [0.717, 1.165) is 22.5 Å². The first-order chi connectivity index (χ1) is 15.9. The Hall–Kier alpha value is -2.96. The summed E-state index contributed by atoms with van der Waals surface area (Å²) in [5.41, 5.74) is 14.6. The minimum absolute atomic E-state index is 0. The third-order valence-corrected chi connectivity index (χ3v) is 5.11. The van der Waals surface area contributed by atoms with Gasteiger partial charge in [0.2, 0.25) is 0 Å². The topological polar surface area (TPSA) is 156 Å². The molecule has 0 saturated heterocycles. The SMILES string of the molecule is C[C@H](N)C(=O)CCc1cc(Cl)ccc1-n1cnnn1.Cl.NCc1cc(Cl)ccc1-n1cnnn1. The maximum atomic E-state index is 11.6. The molecule has 34 heavy (non-hydrogen) atoms. The first-order valence-corrected chi connectivity index (χ1v) is 10.7. The Kier molecular flexibility index (Phi) is 10.5. The largest absolute Gasteiger partial charge is 0.326 e. The highest BCUT2D eigenvalue weighted by molar-refractivity contribution is 6.31. The average Bonchev–Trinajstić information content (AvgIpc) is 3.52. The van der Waals surface area contributed by atoms with Gasteiger partial charge in [0.15, 0.2) is 0 Å². The van der Waals surface area contributed by atoms with Crippen molar-refractivity contribution < 1.29 is 4.79 Å². The van der Waals surface area contributed by atoms with Crippen LogP contribution in [-0.4, -0.2) is 52.2 Å². The van der Waals surface area contributed by atoms with E-state index in [1.54, 1.807) is 34.5 Å². The monoisotopic (exact) mass is 524 g/mol. The van der Waals surface area contributed by atoms with E-state index in [-0.39, 0.29) is 18.2 Å². The Morgan fingerprint density at radius 1 is 0.941 bits per heavy atom. The summed E-state index contributed by atoms with van der Waals surface area (Å²) >= 11 is 11.8. The van der Waals surface area contributed by atoms with Gasteiger partial charge in [0.05, 0.1) is 17.4 Å². The first-order valence-electron chi connectivity index (χ1n) is 9.91. The van der Waals surface area contributed by atoms with Crippen LogP contribution in [0, 0.1) is 0 Å². The molecule has 2 aromatic carbocycles. The first kappa shape index (κ1) is 27.3. The molecule has 4 aromatic rings. The van der Waals surface area contributed by atoms with Crippen LogP contribution in [0.2, 0.25) is 10.0 Å². The van der Waals surface area contributed by atoms with Crippen molar-refractivity contribution in [2.24, 2.45) is 11.5 Å². The van der Waals surface area contributed by atoms with Crippen molar-refractivity contribution in [2.45, 2.75) is 32.4 Å². The molecule has 0 fully saturated rings. The molecule has 4 N–H and O–H groups in total. The van der Waals surface area contributed by atoms with Crippen LogP contribution in [0.25, 0.3) is 11.4 Å². The number of nitrogens with two attached hydrogens (primary N) is 2. The number of carbonyl (C=O) groups is 1. The van der Waals surface area contributed by atoms with Crippen LogP contribution in [0.4, 0.5) is 0 Å². The number of hydrogen-bond acceptors (Lipinski definition) is 9. The summed E-state index contributed by atoms with van der Waals surface area (Å²) in [6.45, 7) is 2.08. The molecule has 2 heterocycles. The number of halogens is 3. The van der Waals surface area contributed by atoms with Gasteiger partial charge in [-0.2, -0.15) is 0 Å². The van der Waals surface area contributed by atoms with E-state index < -0.39 is 6.04 Å². The van der Waals surface area contributed by atoms with E-state index in [1.165, 1.54) is 12.7 Å². The summed E-state index contributed by atoms with van der Waals surface area (Å²) < 4.78 is 3.10. The molecular formula is C20H23Cl3N10O.